The molecule has 0 amide bonds. The van der Waals surface area contributed by atoms with Gasteiger partial charge in [0.2, 0.25) is 0 Å². The van der Waals surface area contributed by atoms with Gasteiger partial charge in [0.05, 0.1) is 0 Å². The highest BCUT2D eigenvalue weighted by Crippen LogP contribution is 2.27. The molecular formula is C25H27N2+. The number of hydrogen-bond acceptors (Lipinski definition) is 0. The van der Waals surface area contributed by atoms with Gasteiger partial charge in [0.1, 0.15) is 12.1 Å². The second-order valence-electron chi connectivity index (χ2n) is 7.17. The van der Waals surface area contributed by atoms with E-state index in [9.17, 15) is 0 Å². The van der Waals surface area contributed by atoms with Gasteiger partial charge in [-0.25, -0.2) is 9.13 Å². The maximum Gasteiger partial charge on any atom is 0.258 e. The third-order valence-corrected chi connectivity index (χ3v) is 5.61. The molecule has 2 nitrogen and oxygen atoms in total. The monoisotopic (exact) mass is 355 g/mol. The predicted octanol–water partition coefficient (Wildman–Crippen LogP) is 5.71. The molecule has 0 N–H and O–H groups in total. The summed E-state index contributed by atoms with van der Waals surface area (Å²) < 4.78 is 5.04. The van der Waals surface area contributed by atoms with E-state index in [4.69, 9.17) is 0 Å². The molecule has 136 valence electrons. The average Bonchev–Trinajstić information content (AvgIpc) is 3.08. The summed E-state index contributed by atoms with van der Waals surface area (Å²) >= 11 is 0. The molecule has 0 saturated carbocycles. The van der Waals surface area contributed by atoms with E-state index in [0.29, 0.717) is 0 Å². The van der Waals surface area contributed by atoms with Gasteiger partial charge in [0, 0.05) is 6.42 Å². The molecule has 0 unspecified atom stereocenters. The number of imidazole rings is 1. The summed E-state index contributed by atoms with van der Waals surface area (Å²) in [7, 11) is 0. The number of nitrogens with zero attached hydrogens (tertiary/aromatic N) is 2. The minimum atomic E-state index is 0.287. The van der Waals surface area contributed by atoms with Gasteiger partial charge in [-0.3, -0.25) is 0 Å². The highest BCUT2D eigenvalue weighted by atomic mass is 15.2. The van der Waals surface area contributed by atoms with Crippen molar-refractivity contribution in [1.82, 2.24) is 4.57 Å². The van der Waals surface area contributed by atoms with Gasteiger partial charge in [-0.05, 0) is 37.1 Å². The van der Waals surface area contributed by atoms with Gasteiger partial charge in [-0.15, -0.1) is 0 Å². The van der Waals surface area contributed by atoms with Crippen LogP contribution in [-0.4, -0.2) is 4.57 Å². The fourth-order valence-electron chi connectivity index (χ4n) is 4.23. The number of benzene rings is 3. The van der Waals surface area contributed by atoms with Crippen LogP contribution in [0.1, 0.15) is 49.8 Å². The first-order chi connectivity index (χ1) is 13.2. The molecule has 27 heavy (non-hydrogen) atoms. The molecule has 0 fully saturated rings. The van der Waals surface area contributed by atoms with Crippen molar-refractivity contribution in [2.24, 2.45) is 0 Å². The molecule has 1 aromatic heterocycles. The lowest BCUT2D eigenvalue weighted by molar-refractivity contribution is -0.693. The first-order valence-corrected chi connectivity index (χ1v) is 9.85. The topological polar surface area (TPSA) is 8.81 Å². The molecule has 2 atom stereocenters. The molecule has 3 aromatic carbocycles. The Kier molecular flexibility index (Phi) is 4.81. The lowest BCUT2D eigenvalue weighted by atomic mass is 10.1. The molecule has 2 heteroatoms. The SMILES string of the molecule is CCc1n([C@@H](C)c2ccccc2)c2ccccc2[n+]1[C@@H](C)c1ccccc1. The summed E-state index contributed by atoms with van der Waals surface area (Å²) in [6, 6.07) is 31.0. The Hall–Kier alpha value is -2.87. The summed E-state index contributed by atoms with van der Waals surface area (Å²) in [4.78, 5) is 0. The van der Waals surface area contributed by atoms with Crippen molar-refractivity contribution in [3.8, 4) is 0 Å². The Morgan fingerprint density at radius 1 is 0.741 bits per heavy atom. The minimum Gasteiger partial charge on any atom is -0.220 e. The third-order valence-electron chi connectivity index (χ3n) is 5.61. The van der Waals surface area contributed by atoms with E-state index in [2.05, 4.69) is 115 Å². The highest BCUT2D eigenvalue weighted by molar-refractivity contribution is 5.72. The van der Waals surface area contributed by atoms with Crippen LogP contribution in [-0.2, 0) is 6.42 Å². The van der Waals surface area contributed by atoms with Crippen molar-refractivity contribution in [1.29, 1.82) is 0 Å². The number of hydrogen-bond donors (Lipinski definition) is 0. The molecule has 0 aliphatic rings. The fourth-order valence-corrected chi connectivity index (χ4v) is 4.23. The normalized spacial score (nSPS) is 13.6. The van der Waals surface area contributed by atoms with Crippen molar-refractivity contribution in [3.05, 3.63) is 102 Å². The van der Waals surface area contributed by atoms with E-state index in [1.54, 1.807) is 0 Å². The third kappa shape index (κ3) is 3.06. The molecule has 0 radical (unpaired) electrons. The average molecular weight is 356 g/mol. The second kappa shape index (κ2) is 7.40. The summed E-state index contributed by atoms with van der Waals surface area (Å²) in [6.07, 6.45) is 0.989. The van der Waals surface area contributed by atoms with Crippen LogP contribution in [0.4, 0.5) is 0 Å². The van der Waals surface area contributed by atoms with Crippen LogP contribution in [0, 0.1) is 0 Å². The minimum absolute atomic E-state index is 0.287. The van der Waals surface area contributed by atoms with Crippen molar-refractivity contribution in [3.63, 3.8) is 0 Å². The van der Waals surface area contributed by atoms with Gasteiger partial charge in [-0.1, -0.05) is 79.7 Å². The smallest absolute Gasteiger partial charge is 0.220 e. The van der Waals surface area contributed by atoms with E-state index >= 15 is 0 Å². The zero-order chi connectivity index (χ0) is 18.8. The van der Waals surface area contributed by atoms with Crippen LogP contribution in [0.5, 0.6) is 0 Å². The van der Waals surface area contributed by atoms with Crippen molar-refractivity contribution >= 4 is 11.0 Å². The second-order valence-corrected chi connectivity index (χ2v) is 7.17. The predicted molar refractivity (Wildman–Crippen MR) is 112 cm³/mol. The maximum absolute atomic E-state index is 2.52. The van der Waals surface area contributed by atoms with Crippen molar-refractivity contribution < 1.29 is 4.57 Å². The molecule has 4 rings (SSSR count). The van der Waals surface area contributed by atoms with E-state index < -0.39 is 0 Å². The Morgan fingerprint density at radius 3 is 1.93 bits per heavy atom. The summed E-state index contributed by atoms with van der Waals surface area (Å²) in [5.41, 5.74) is 5.28. The molecular weight excluding hydrogens is 328 g/mol. The molecule has 0 aliphatic carbocycles. The van der Waals surface area contributed by atoms with E-state index in [1.807, 2.05) is 0 Å². The zero-order valence-corrected chi connectivity index (χ0v) is 16.3. The van der Waals surface area contributed by atoms with E-state index in [0.717, 1.165) is 6.42 Å². The summed E-state index contributed by atoms with van der Waals surface area (Å²) in [6.45, 7) is 6.87. The molecule has 0 bridgehead atoms. The van der Waals surface area contributed by atoms with Crippen LogP contribution in [0.3, 0.4) is 0 Å². The maximum atomic E-state index is 2.52. The first kappa shape index (κ1) is 17.5. The molecule has 0 saturated heterocycles. The summed E-state index contributed by atoms with van der Waals surface area (Å²) in [5.74, 6) is 1.36. The quantitative estimate of drug-likeness (QED) is 0.405. The van der Waals surface area contributed by atoms with Gasteiger partial charge in [0.15, 0.2) is 11.0 Å². The standard InChI is InChI=1S/C25H27N2/c1-4-25-26(19(2)21-13-7-5-8-14-21)23-17-11-12-18-24(23)27(25)20(3)22-15-9-6-10-16-22/h5-20H,4H2,1-3H3/q+1/t19-,20-/m0/s1. The number of fused-ring (bicyclic) bond motifs is 1. The van der Waals surface area contributed by atoms with Crippen LogP contribution in [0.2, 0.25) is 0 Å². The number of aromatic nitrogens is 2. The van der Waals surface area contributed by atoms with Crippen LogP contribution in [0.15, 0.2) is 84.9 Å². The van der Waals surface area contributed by atoms with Gasteiger partial charge >= 0.3 is 0 Å². The Bertz CT molecular complexity index is 950. The lowest BCUT2D eigenvalue weighted by Crippen LogP contribution is -2.42. The largest absolute Gasteiger partial charge is 0.258 e. The highest BCUT2D eigenvalue weighted by Gasteiger charge is 2.30. The molecule has 1 heterocycles. The van der Waals surface area contributed by atoms with E-state index in [1.165, 1.54) is 28.0 Å². The Labute approximate surface area is 161 Å². The van der Waals surface area contributed by atoms with Gasteiger partial charge < -0.3 is 0 Å². The van der Waals surface area contributed by atoms with Crippen LogP contribution in [0.25, 0.3) is 11.0 Å². The Morgan fingerprint density at radius 2 is 1.30 bits per heavy atom. The van der Waals surface area contributed by atoms with Crippen molar-refractivity contribution in [2.75, 3.05) is 0 Å². The summed E-state index contributed by atoms with van der Waals surface area (Å²) in [5, 5.41) is 0. The first-order valence-electron chi connectivity index (χ1n) is 9.85. The molecule has 0 spiro atoms. The van der Waals surface area contributed by atoms with E-state index in [-0.39, 0.29) is 12.1 Å². The Balaban J connectivity index is 1.95. The number of rotatable bonds is 5. The lowest BCUT2D eigenvalue weighted by Gasteiger charge is -2.15. The van der Waals surface area contributed by atoms with Crippen LogP contribution >= 0.6 is 0 Å². The number of para-hydroxylation sites is 2. The zero-order valence-electron chi connectivity index (χ0n) is 16.3. The van der Waals surface area contributed by atoms with Crippen LogP contribution < -0.4 is 4.57 Å². The van der Waals surface area contributed by atoms with Crippen molar-refractivity contribution in [2.45, 2.75) is 39.3 Å². The molecule has 0 aliphatic heterocycles. The fraction of sp³-hybridized carbons (Fsp3) is 0.240. The molecule has 4 aromatic rings. The van der Waals surface area contributed by atoms with Gasteiger partial charge in [-0.2, -0.15) is 0 Å². The van der Waals surface area contributed by atoms with Gasteiger partial charge in [0.25, 0.3) is 5.82 Å².